The average Bonchev–Trinajstić information content (AvgIpc) is 2.23. The molecule has 0 saturated carbocycles. The molecule has 1 rings (SSSR count). The number of hydrogen-bond donors (Lipinski definition) is 1. The second-order valence-electron chi connectivity index (χ2n) is 4.71. The quantitative estimate of drug-likeness (QED) is 0.678. The normalized spacial score (nSPS) is 12.3. The van der Waals surface area contributed by atoms with Crippen LogP contribution in [0.1, 0.15) is 19.4 Å². The van der Waals surface area contributed by atoms with E-state index in [1.54, 1.807) is 13.8 Å². The van der Waals surface area contributed by atoms with E-state index in [1.165, 1.54) is 0 Å². The number of nitrogens with two attached hydrogens (primary N) is 1. The van der Waals surface area contributed by atoms with Crippen molar-refractivity contribution in [2.45, 2.75) is 25.6 Å². The smallest absolute Gasteiger partial charge is 0.420 e. The Labute approximate surface area is 107 Å². The maximum absolute atomic E-state index is 12.8. The molecule has 106 valence electrons. The molecule has 0 aliphatic heterocycles. The van der Waals surface area contributed by atoms with Crippen LogP contribution in [0.5, 0.6) is 5.75 Å². The van der Waals surface area contributed by atoms with E-state index in [4.69, 9.17) is 10.5 Å². The van der Waals surface area contributed by atoms with Crippen LogP contribution in [0.2, 0.25) is 0 Å². The number of nitro groups is 1. The van der Waals surface area contributed by atoms with E-state index >= 15 is 0 Å². The van der Waals surface area contributed by atoms with Crippen molar-refractivity contribution in [1.29, 1.82) is 0 Å². The van der Waals surface area contributed by atoms with Crippen LogP contribution in [0.25, 0.3) is 0 Å². The molecule has 0 amide bonds. The molecule has 0 fully saturated rings. The second-order valence-corrected chi connectivity index (χ2v) is 4.71. The van der Waals surface area contributed by atoms with Gasteiger partial charge in [0.2, 0.25) is 0 Å². The van der Waals surface area contributed by atoms with Gasteiger partial charge in [-0.3, -0.25) is 10.1 Å². The Morgan fingerprint density at radius 3 is 2.37 bits per heavy atom. The van der Waals surface area contributed by atoms with E-state index < -0.39 is 33.6 Å². The zero-order valence-electron chi connectivity index (χ0n) is 10.3. The van der Waals surface area contributed by atoms with Crippen LogP contribution >= 0.6 is 0 Å². The minimum atomic E-state index is -4.74. The molecule has 0 radical (unpaired) electrons. The van der Waals surface area contributed by atoms with E-state index in [9.17, 15) is 23.3 Å². The summed E-state index contributed by atoms with van der Waals surface area (Å²) in [6.45, 7) is 3.03. The lowest BCUT2D eigenvalue weighted by molar-refractivity contribution is -0.385. The highest BCUT2D eigenvalue weighted by Gasteiger charge is 2.36. The van der Waals surface area contributed by atoms with Crippen molar-refractivity contribution >= 4 is 5.69 Å². The fourth-order valence-electron chi connectivity index (χ4n) is 1.24. The summed E-state index contributed by atoms with van der Waals surface area (Å²) < 4.78 is 43.3. The topological polar surface area (TPSA) is 78.4 Å². The van der Waals surface area contributed by atoms with Gasteiger partial charge in [-0.25, -0.2) is 0 Å². The number of halogens is 3. The van der Waals surface area contributed by atoms with Gasteiger partial charge in [0.15, 0.2) is 0 Å². The molecule has 0 saturated heterocycles. The minimum Gasteiger partial charge on any atom is -0.491 e. The van der Waals surface area contributed by atoms with Crippen LogP contribution in [-0.2, 0) is 6.18 Å². The summed E-state index contributed by atoms with van der Waals surface area (Å²) in [7, 11) is 0. The monoisotopic (exact) mass is 278 g/mol. The SMILES string of the molecule is CC(C)(N)COc1ccc([N+](=O)[O-])cc1C(F)(F)F. The van der Waals surface area contributed by atoms with Gasteiger partial charge in [0, 0.05) is 17.7 Å². The summed E-state index contributed by atoms with van der Waals surface area (Å²) in [6, 6.07) is 2.32. The van der Waals surface area contributed by atoms with Crippen LogP contribution in [-0.4, -0.2) is 17.1 Å². The predicted molar refractivity (Wildman–Crippen MR) is 61.9 cm³/mol. The van der Waals surface area contributed by atoms with E-state index in [1.807, 2.05) is 0 Å². The zero-order chi connectivity index (χ0) is 14.8. The van der Waals surface area contributed by atoms with Crippen molar-refractivity contribution in [2.75, 3.05) is 6.61 Å². The molecule has 5 nitrogen and oxygen atoms in total. The van der Waals surface area contributed by atoms with Crippen molar-refractivity contribution in [3.63, 3.8) is 0 Å². The largest absolute Gasteiger partial charge is 0.491 e. The molecule has 8 heteroatoms. The van der Waals surface area contributed by atoms with Gasteiger partial charge in [0.05, 0.1) is 4.92 Å². The molecule has 0 aliphatic carbocycles. The number of ether oxygens (including phenoxy) is 1. The number of alkyl halides is 3. The lowest BCUT2D eigenvalue weighted by Gasteiger charge is -2.21. The van der Waals surface area contributed by atoms with Crippen molar-refractivity contribution in [2.24, 2.45) is 5.73 Å². The van der Waals surface area contributed by atoms with Crippen LogP contribution in [0.15, 0.2) is 18.2 Å². The Balaban J connectivity index is 3.13. The van der Waals surface area contributed by atoms with Crippen LogP contribution in [0.3, 0.4) is 0 Å². The van der Waals surface area contributed by atoms with Gasteiger partial charge in [-0.1, -0.05) is 0 Å². The standard InChI is InChI=1S/C11H13F3N2O3/c1-10(2,15)6-19-9-4-3-7(16(17)18)5-8(9)11(12,13)14/h3-5H,6,15H2,1-2H3. The van der Waals surface area contributed by atoms with E-state index in [2.05, 4.69) is 0 Å². The third kappa shape index (κ3) is 4.40. The summed E-state index contributed by atoms with van der Waals surface area (Å²) in [5.74, 6) is -0.475. The molecule has 0 aliphatic rings. The number of hydrogen-bond acceptors (Lipinski definition) is 4. The highest BCUT2D eigenvalue weighted by atomic mass is 19.4. The maximum Gasteiger partial charge on any atom is 0.420 e. The maximum atomic E-state index is 12.8. The summed E-state index contributed by atoms with van der Waals surface area (Å²) in [5.41, 5.74) is 2.96. The van der Waals surface area contributed by atoms with Gasteiger partial charge in [-0.2, -0.15) is 13.2 Å². The number of nitrogens with zero attached hydrogens (tertiary/aromatic N) is 1. The minimum absolute atomic E-state index is 0.145. The molecule has 0 heterocycles. The summed E-state index contributed by atoms with van der Waals surface area (Å²) in [5, 5.41) is 10.5. The van der Waals surface area contributed by atoms with E-state index in [0.29, 0.717) is 6.07 Å². The lowest BCUT2D eigenvalue weighted by atomic mass is 10.1. The molecule has 1 aromatic carbocycles. The van der Waals surface area contributed by atoms with Crippen LogP contribution in [0, 0.1) is 10.1 Å². The zero-order valence-corrected chi connectivity index (χ0v) is 10.3. The summed E-state index contributed by atoms with van der Waals surface area (Å²) in [4.78, 5) is 9.59. The van der Waals surface area contributed by atoms with E-state index in [-0.39, 0.29) is 6.61 Å². The molecule has 0 aromatic heterocycles. The van der Waals surface area contributed by atoms with Gasteiger partial charge in [-0.15, -0.1) is 0 Å². The predicted octanol–water partition coefficient (Wildman–Crippen LogP) is 2.73. The Morgan fingerprint density at radius 2 is 1.95 bits per heavy atom. The van der Waals surface area contributed by atoms with Gasteiger partial charge in [-0.05, 0) is 19.9 Å². The summed E-state index contributed by atoms with van der Waals surface area (Å²) >= 11 is 0. The molecule has 0 spiro atoms. The highest BCUT2D eigenvalue weighted by molar-refractivity contribution is 5.45. The molecule has 19 heavy (non-hydrogen) atoms. The molecule has 0 atom stereocenters. The fraction of sp³-hybridized carbons (Fsp3) is 0.455. The van der Waals surface area contributed by atoms with Crippen molar-refractivity contribution in [1.82, 2.24) is 0 Å². The number of rotatable bonds is 4. The Morgan fingerprint density at radius 1 is 1.37 bits per heavy atom. The van der Waals surface area contributed by atoms with Gasteiger partial charge < -0.3 is 10.5 Å². The Hall–Kier alpha value is -1.83. The average molecular weight is 278 g/mol. The third-order valence-electron chi connectivity index (χ3n) is 2.08. The summed E-state index contributed by atoms with van der Waals surface area (Å²) in [6.07, 6.45) is -4.74. The third-order valence-corrected chi connectivity index (χ3v) is 2.08. The highest BCUT2D eigenvalue weighted by Crippen LogP contribution is 2.38. The van der Waals surface area contributed by atoms with Crippen molar-refractivity contribution in [3.8, 4) is 5.75 Å². The number of nitro benzene ring substituents is 1. The number of non-ortho nitro benzene ring substituents is 1. The molecular formula is C11H13F3N2O3. The first kappa shape index (κ1) is 15.2. The second kappa shape index (κ2) is 5.04. The van der Waals surface area contributed by atoms with Gasteiger partial charge in [0.1, 0.15) is 17.9 Å². The van der Waals surface area contributed by atoms with Crippen LogP contribution < -0.4 is 10.5 Å². The molecule has 2 N–H and O–H groups in total. The van der Waals surface area contributed by atoms with Gasteiger partial charge in [0.25, 0.3) is 5.69 Å². The van der Waals surface area contributed by atoms with Crippen molar-refractivity contribution in [3.05, 3.63) is 33.9 Å². The lowest BCUT2D eigenvalue weighted by Crippen LogP contribution is -2.39. The first-order valence-corrected chi connectivity index (χ1v) is 5.28. The van der Waals surface area contributed by atoms with Gasteiger partial charge >= 0.3 is 6.18 Å². The van der Waals surface area contributed by atoms with Crippen LogP contribution in [0.4, 0.5) is 18.9 Å². The first-order valence-electron chi connectivity index (χ1n) is 5.28. The fourth-order valence-corrected chi connectivity index (χ4v) is 1.24. The molecule has 0 bridgehead atoms. The Kier molecular flexibility index (Phi) is 4.04. The van der Waals surface area contributed by atoms with Crippen molar-refractivity contribution < 1.29 is 22.8 Å². The molecule has 0 unspecified atom stereocenters. The number of benzene rings is 1. The molecule has 1 aromatic rings. The van der Waals surface area contributed by atoms with E-state index in [0.717, 1.165) is 12.1 Å². The first-order chi connectivity index (χ1) is 8.50. The Bertz CT molecular complexity index is 481. The molecular weight excluding hydrogens is 265 g/mol.